The first-order chi connectivity index (χ1) is 4.36. The van der Waals surface area contributed by atoms with Gasteiger partial charge in [0.25, 0.3) is 0 Å². The molecule has 2 aliphatic rings. The van der Waals surface area contributed by atoms with E-state index in [9.17, 15) is 4.79 Å². The molecule has 0 unspecified atom stereocenters. The minimum absolute atomic E-state index is 0.241. The van der Waals surface area contributed by atoms with Crippen molar-refractivity contribution in [2.45, 2.75) is 18.9 Å². The molecule has 0 radical (unpaired) electrons. The smallest absolute Gasteiger partial charge is 0.223 e. The Morgan fingerprint density at radius 1 is 1.67 bits per heavy atom. The first kappa shape index (κ1) is 5.03. The molecule has 2 bridgehead atoms. The number of amides is 1. The Morgan fingerprint density at radius 3 is 3.22 bits per heavy atom. The second-order valence-electron chi connectivity index (χ2n) is 2.71. The van der Waals surface area contributed by atoms with Gasteiger partial charge in [-0.3, -0.25) is 4.79 Å². The van der Waals surface area contributed by atoms with Gasteiger partial charge in [-0.25, -0.2) is 0 Å². The Kier molecular flexibility index (Phi) is 0.891. The average molecular weight is 123 g/mol. The quantitative estimate of drug-likeness (QED) is 0.465. The van der Waals surface area contributed by atoms with Crippen molar-refractivity contribution in [3.63, 3.8) is 0 Å². The molecule has 2 atom stereocenters. The van der Waals surface area contributed by atoms with Crippen LogP contribution in [0.2, 0.25) is 0 Å². The topological polar surface area (TPSA) is 29.1 Å². The minimum Gasteiger partial charge on any atom is -0.350 e. The first-order valence-electron chi connectivity index (χ1n) is 3.33. The van der Waals surface area contributed by atoms with Crippen molar-refractivity contribution in [2.24, 2.45) is 5.92 Å². The van der Waals surface area contributed by atoms with Gasteiger partial charge in [0.15, 0.2) is 0 Å². The van der Waals surface area contributed by atoms with Gasteiger partial charge in [0, 0.05) is 12.0 Å². The highest BCUT2D eigenvalue weighted by molar-refractivity contribution is 5.82. The lowest BCUT2D eigenvalue weighted by molar-refractivity contribution is -0.122. The fraction of sp³-hybridized carbons (Fsp3) is 0.571. The number of hydrogen-bond donors (Lipinski definition) is 1. The van der Waals surface area contributed by atoms with Gasteiger partial charge in [0.1, 0.15) is 0 Å². The molecule has 1 fully saturated rings. The number of carbonyl (C=O) groups is 1. The fourth-order valence-corrected chi connectivity index (χ4v) is 1.51. The molecule has 1 amide bonds. The maximum atomic E-state index is 10.9. The summed E-state index contributed by atoms with van der Waals surface area (Å²) in [4.78, 5) is 10.9. The fourth-order valence-electron chi connectivity index (χ4n) is 1.51. The van der Waals surface area contributed by atoms with Crippen LogP contribution in [0.15, 0.2) is 12.2 Å². The standard InChI is InChI=1S/C7H9NO/c9-7-5-2-1-3-6(4-5)8-7/h1,3,5-6H,2,4H2,(H,8,9)/t5-,6+/m1/s1. The zero-order valence-corrected chi connectivity index (χ0v) is 5.13. The monoisotopic (exact) mass is 123 g/mol. The molecular weight excluding hydrogens is 114 g/mol. The van der Waals surface area contributed by atoms with Gasteiger partial charge >= 0.3 is 0 Å². The molecule has 0 aromatic rings. The van der Waals surface area contributed by atoms with Crippen LogP contribution in [0.4, 0.5) is 0 Å². The molecule has 1 N–H and O–H groups in total. The molecule has 2 nitrogen and oxygen atoms in total. The molecule has 0 aromatic carbocycles. The normalized spacial score (nSPS) is 38.9. The molecule has 9 heavy (non-hydrogen) atoms. The van der Waals surface area contributed by atoms with Crippen LogP contribution in [0.5, 0.6) is 0 Å². The maximum Gasteiger partial charge on any atom is 0.223 e. The Balaban J connectivity index is 2.26. The van der Waals surface area contributed by atoms with E-state index in [-0.39, 0.29) is 5.91 Å². The molecule has 1 heterocycles. The van der Waals surface area contributed by atoms with E-state index < -0.39 is 0 Å². The SMILES string of the molecule is O=C1N[C@H]2C=CC[C@@H]1C2. The predicted octanol–water partition coefficient (Wildman–Crippen LogP) is 0.451. The Morgan fingerprint density at radius 2 is 2.56 bits per heavy atom. The van der Waals surface area contributed by atoms with Gasteiger partial charge in [-0.05, 0) is 12.8 Å². The van der Waals surface area contributed by atoms with Crippen molar-refractivity contribution in [3.05, 3.63) is 12.2 Å². The van der Waals surface area contributed by atoms with E-state index in [0.717, 1.165) is 12.8 Å². The molecule has 1 aliphatic heterocycles. The molecular formula is C7H9NO. The van der Waals surface area contributed by atoms with Crippen molar-refractivity contribution >= 4 is 5.91 Å². The number of nitrogens with one attached hydrogen (secondary N) is 1. The molecule has 0 aromatic heterocycles. The Labute approximate surface area is 53.9 Å². The van der Waals surface area contributed by atoms with Crippen LogP contribution in [0.3, 0.4) is 0 Å². The second-order valence-corrected chi connectivity index (χ2v) is 2.71. The van der Waals surface area contributed by atoms with Crippen molar-refractivity contribution in [1.29, 1.82) is 0 Å². The summed E-state index contributed by atoms with van der Waals surface area (Å²) in [6.45, 7) is 0. The summed E-state index contributed by atoms with van der Waals surface area (Å²) in [5.41, 5.74) is 0. The number of hydrogen-bond acceptors (Lipinski definition) is 1. The zero-order chi connectivity index (χ0) is 6.27. The first-order valence-corrected chi connectivity index (χ1v) is 3.33. The van der Waals surface area contributed by atoms with Crippen LogP contribution < -0.4 is 5.32 Å². The summed E-state index contributed by atoms with van der Waals surface area (Å²) in [5.74, 6) is 0.532. The molecule has 2 heteroatoms. The van der Waals surface area contributed by atoms with Crippen LogP contribution in [0.1, 0.15) is 12.8 Å². The Hall–Kier alpha value is -0.790. The van der Waals surface area contributed by atoms with E-state index in [0.29, 0.717) is 12.0 Å². The van der Waals surface area contributed by atoms with E-state index in [1.165, 1.54) is 0 Å². The Bertz CT molecular complexity index is 174. The maximum absolute atomic E-state index is 10.9. The zero-order valence-electron chi connectivity index (χ0n) is 5.13. The molecule has 0 saturated carbocycles. The predicted molar refractivity (Wildman–Crippen MR) is 33.8 cm³/mol. The van der Waals surface area contributed by atoms with Gasteiger partial charge in [-0.2, -0.15) is 0 Å². The highest BCUT2D eigenvalue weighted by Crippen LogP contribution is 2.24. The molecule has 48 valence electrons. The van der Waals surface area contributed by atoms with Gasteiger partial charge < -0.3 is 5.32 Å². The van der Waals surface area contributed by atoms with Gasteiger partial charge in [-0.1, -0.05) is 12.2 Å². The average Bonchev–Trinajstić information content (AvgIpc) is 2.09. The third-order valence-electron chi connectivity index (χ3n) is 2.03. The largest absolute Gasteiger partial charge is 0.350 e. The highest BCUT2D eigenvalue weighted by Gasteiger charge is 2.31. The number of carbonyl (C=O) groups excluding carboxylic acids is 1. The van der Waals surface area contributed by atoms with Crippen molar-refractivity contribution in [3.8, 4) is 0 Å². The number of allylic oxidation sites excluding steroid dienone is 1. The van der Waals surface area contributed by atoms with Crippen LogP contribution in [-0.2, 0) is 4.79 Å². The summed E-state index contributed by atoms with van der Waals surface area (Å²) >= 11 is 0. The van der Waals surface area contributed by atoms with Crippen LogP contribution in [-0.4, -0.2) is 11.9 Å². The van der Waals surface area contributed by atoms with Crippen molar-refractivity contribution < 1.29 is 4.79 Å². The van der Waals surface area contributed by atoms with E-state index >= 15 is 0 Å². The third-order valence-corrected chi connectivity index (χ3v) is 2.03. The van der Waals surface area contributed by atoms with Crippen molar-refractivity contribution in [1.82, 2.24) is 5.32 Å². The summed E-state index contributed by atoms with van der Waals surface area (Å²) in [7, 11) is 0. The third kappa shape index (κ3) is 0.661. The van der Waals surface area contributed by atoms with Crippen LogP contribution in [0, 0.1) is 5.92 Å². The molecule has 1 aliphatic carbocycles. The summed E-state index contributed by atoms with van der Waals surface area (Å²) < 4.78 is 0. The van der Waals surface area contributed by atoms with Gasteiger partial charge in [-0.15, -0.1) is 0 Å². The van der Waals surface area contributed by atoms with E-state index in [1.54, 1.807) is 0 Å². The number of fused-ring (bicyclic) bond motifs is 2. The van der Waals surface area contributed by atoms with Crippen LogP contribution >= 0.6 is 0 Å². The van der Waals surface area contributed by atoms with Crippen LogP contribution in [0.25, 0.3) is 0 Å². The van der Waals surface area contributed by atoms with Gasteiger partial charge in [0.2, 0.25) is 5.91 Å². The van der Waals surface area contributed by atoms with E-state index in [1.807, 2.05) is 0 Å². The molecule has 2 rings (SSSR count). The second kappa shape index (κ2) is 1.59. The minimum atomic E-state index is 0.241. The summed E-state index contributed by atoms with van der Waals surface area (Å²) in [6.07, 6.45) is 6.15. The lowest BCUT2D eigenvalue weighted by atomic mass is 9.96. The molecule has 0 spiro atoms. The highest BCUT2D eigenvalue weighted by atomic mass is 16.2. The summed E-state index contributed by atoms with van der Waals surface area (Å²) in [6, 6.07) is 0.358. The van der Waals surface area contributed by atoms with Gasteiger partial charge in [0.05, 0.1) is 0 Å². The summed E-state index contributed by atoms with van der Waals surface area (Å²) in [5, 5.41) is 2.89. The lowest BCUT2D eigenvalue weighted by Gasteiger charge is -2.06. The van der Waals surface area contributed by atoms with Crippen molar-refractivity contribution in [2.75, 3.05) is 0 Å². The van der Waals surface area contributed by atoms with E-state index in [4.69, 9.17) is 0 Å². The lowest BCUT2D eigenvalue weighted by Crippen LogP contribution is -2.23. The van der Waals surface area contributed by atoms with E-state index in [2.05, 4.69) is 17.5 Å². The number of rotatable bonds is 0. The molecule has 1 saturated heterocycles.